The molecule has 1 aromatic heterocycles. The van der Waals surface area contributed by atoms with Gasteiger partial charge in [-0.15, -0.1) is 0 Å². The number of rotatable bonds is 5. The molecule has 2 N–H and O–H groups in total. The van der Waals surface area contributed by atoms with Crippen LogP contribution in [0, 0.1) is 5.82 Å². The van der Waals surface area contributed by atoms with Crippen molar-refractivity contribution in [2.45, 2.75) is 12.5 Å². The molecule has 0 aliphatic carbocycles. The Labute approximate surface area is 162 Å². The highest BCUT2D eigenvalue weighted by atomic mass is 19.1. The molecule has 1 fully saturated rings. The minimum atomic E-state index is -0.266. The molecular formula is C21H21FN4O2. The van der Waals surface area contributed by atoms with Gasteiger partial charge in [-0.2, -0.15) is 5.10 Å². The van der Waals surface area contributed by atoms with Crippen molar-refractivity contribution in [2.75, 3.05) is 25.1 Å². The Balaban J connectivity index is 1.39. The molecule has 0 saturated carbocycles. The lowest BCUT2D eigenvalue weighted by Gasteiger charge is -2.16. The first kappa shape index (κ1) is 18.0. The van der Waals surface area contributed by atoms with E-state index in [9.17, 15) is 9.18 Å². The summed E-state index contributed by atoms with van der Waals surface area (Å²) in [6.07, 6.45) is 0.842. The molecule has 2 aromatic carbocycles. The van der Waals surface area contributed by atoms with E-state index in [1.807, 2.05) is 12.1 Å². The molecule has 0 bridgehead atoms. The highest BCUT2D eigenvalue weighted by Gasteiger charge is 2.26. The highest BCUT2D eigenvalue weighted by molar-refractivity contribution is 5.94. The Bertz CT molecular complexity index is 971. The second-order valence-electron chi connectivity index (χ2n) is 6.78. The molecule has 0 spiro atoms. The molecule has 1 aliphatic heterocycles. The minimum absolute atomic E-state index is 0.0460. The second-order valence-corrected chi connectivity index (χ2v) is 6.78. The van der Waals surface area contributed by atoms with Gasteiger partial charge < -0.3 is 15.0 Å². The van der Waals surface area contributed by atoms with Crippen molar-refractivity contribution in [3.05, 3.63) is 66.0 Å². The SMILES string of the molecule is COc1cccc(C(=O)NC2CCN(c3cc(-c4ccc(F)cc4)[nH]n3)C2)c1. The van der Waals surface area contributed by atoms with Gasteiger partial charge in [0.05, 0.1) is 12.8 Å². The molecule has 1 atom stereocenters. The van der Waals surface area contributed by atoms with Crippen LogP contribution < -0.4 is 15.0 Å². The van der Waals surface area contributed by atoms with E-state index < -0.39 is 0 Å². The van der Waals surface area contributed by atoms with Gasteiger partial charge in [0.15, 0.2) is 5.82 Å². The summed E-state index contributed by atoms with van der Waals surface area (Å²) in [5.41, 5.74) is 2.29. The number of nitrogens with zero attached hydrogens (tertiary/aromatic N) is 2. The zero-order chi connectivity index (χ0) is 19.5. The minimum Gasteiger partial charge on any atom is -0.497 e. The van der Waals surface area contributed by atoms with Crippen molar-refractivity contribution >= 4 is 11.7 Å². The lowest BCUT2D eigenvalue weighted by Crippen LogP contribution is -2.37. The van der Waals surface area contributed by atoms with E-state index in [-0.39, 0.29) is 17.8 Å². The Morgan fingerprint density at radius 3 is 2.86 bits per heavy atom. The predicted octanol–water partition coefficient (Wildman–Crippen LogP) is 3.23. The maximum absolute atomic E-state index is 13.1. The molecule has 1 amide bonds. The van der Waals surface area contributed by atoms with Crippen LogP contribution in [-0.4, -0.2) is 42.3 Å². The van der Waals surface area contributed by atoms with Crippen molar-refractivity contribution < 1.29 is 13.9 Å². The maximum atomic E-state index is 13.1. The summed E-state index contributed by atoms with van der Waals surface area (Å²) in [5, 5.41) is 10.4. The summed E-state index contributed by atoms with van der Waals surface area (Å²) in [5.74, 6) is 1.10. The van der Waals surface area contributed by atoms with Crippen LogP contribution in [0.3, 0.4) is 0 Å². The molecule has 4 rings (SSSR count). The van der Waals surface area contributed by atoms with Crippen molar-refractivity contribution in [3.63, 3.8) is 0 Å². The molecular weight excluding hydrogens is 359 g/mol. The van der Waals surface area contributed by atoms with Gasteiger partial charge in [-0.1, -0.05) is 6.07 Å². The zero-order valence-corrected chi connectivity index (χ0v) is 15.5. The van der Waals surface area contributed by atoms with Crippen molar-refractivity contribution in [1.82, 2.24) is 15.5 Å². The number of ether oxygens (including phenoxy) is 1. The van der Waals surface area contributed by atoms with Gasteiger partial charge in [0.2, 0.25) is 0 Å². The van der Waals surface area contributed by atoms with Gasteiger partial charge in [0.1, 0.15) is 11.6 Å². The quantitative estimate of drug-likeness (QED) is 0.713. The number of carbonyl (C=O) groups excluding carboxylic acids is 1. The van der Waals surface area contributed by atoms with E-state index >= 15 is 0 Å². The summed E-state index contributed by atoms with van der Waals surface area (Å²) >= 11 is 0. The topological polar surface area (TPSA) is 70.2 Å². The van der Waals surface area contributed by atoms with Gasteiger partial charge in [-0.3, -0.25) is 9.89 Å². The van der Waals surface area contributed by atoms with Crippen LogP contribution in [0.4, 0.5) is 10.2 Å². The lowest BCUT2D eigenvalue weighted by molar-refractivity contribution is 0.0940. The van der Waals surface area contributed by atoms with Crippen LogP contribution in [0.25, 0.3) is 11.3 Å². The Kier molecular flexibility index (Phi) is 4.97. The van der Waals surface area contributed by atoms with Gasteiger partial charge in [0.25, 0.3) is 5.91 Å². The van der Waals surface area contributed by atoms with Crippen LogP contribution in [0.2, 0.25) is 0 Å². The largest absolute Gasteiger partial charge is 0.497 e. The fraction of sp³-hybridized carbons (Fsp3) is 0.238. The first-order chi connectivity index (χ1) is 13.6. The molecule has 1 unspecified atom stereocenters. The van der Waals surface area contributed by atoms with Crippen LogP contribution in [-0.2, 0) is 0 Å². The van der Waals surface area contributed by atoms with E-state index in [2.05, 4.69) is 20.4 Å². The second kappa shape index (κ2) is 7.72. The smallest absolute Gasteiger partial charge is 0.251 e. The number of amides is 1. The number of hydrogen-bond acceptors (Lipinski definition) is 4. The number of carbonyl (C=O) groups is 1. The van der Waals surface area contributed by atoms with E-state index in [1.165, 1.54) is 12.1 Å². The van der Waals surface area contributed by atoms with Crippen molar-refractivity contribution in [2.24, 2.45) is 0 Å². The number of methoxy groups -OCH3 is 1. The predicted molar refractivity (Wildman–Crippen MR) is 105 cm³/mol. The fourth-order valence-electron chi connectivity index (χ4n) is 3.37. The Hall–Kier alpha value is -3.35. The molecule has 28 heavy (non-hydrogen) atoms. The summed E-state index contributed by atoms with van der Waals surface area (Å²) in [6, 6.07) is 15.4. The highest BCUT2D eigenvalue weighted by Crippen LogP contribution is 2.25. The van der Waals surface area contributed by atoms with Crippen molar-refractivity contribution in [3.8, 4) is 17.0 Å². The average Bonchev–Trinajstić information content (AvgIpc) is 3.38. The summed E-state index contributed by atoms with van der Waals surface area (Å²) < 4.78 is 18.3. The molecule has 144 valence electrons. The number of hydrogen-bond donors (Lipinski definition) is 2. The van der Waals surface area contributed by atoms with E-state index in [1.54, 1.807) is 37.4 Å². The molecule has 2 heterocycles. The summed E-state index contributed by atoms with van der Waals surface area (Å²) in [7, 11) is 1.58. The van der Waals surface area contributed by atoms with Gasteiger partial charge in [-0.05, 0) is 54.4 Å². The third kappa shape index (κ3) is 3.83. The molecule has 7 heteroatoms. The lowest BCUT2D eigenvalue weighted by atomic mass is 10.1. The number of aromatic amines is 1. The van der Waals surface area contributed by atoms with Crippen molar-refractivity contribution in [1.29, 1.82) is 0 Å². The maximum Gasteiger partial charge on any atom is 0.251 e. The molecule has 6 nitrogen and oxygen atoms in total. The normalized spacial score (nSPS) is 16.2. The van der Waals surface area contributed by atoms with E-state index in [4.69, 9.17) is 4.74 Å². The van der Waals surface area contributed by atoms with Gasteiger partial charge in [0, 0.05) is 30.8 Å². The van der Waals surface area contributed by atoms with Gasteiger partial charge >= 0.3 is 0 Å². The number of benzene rings is 2. The monoisotopic (exact) mass is 380 g/mol. The molecule has 3 aromatic rings. The number of nitrogens with one attached hydrogen (secondary N) is 2. The third-order valence-electron chi connectivity index (χ3n) is 4.90. The number of aromatic nitrogens is 2. The average molecular weight is 380 g/mol. The molecule has 1 aliphatic rings. The fourth-order valence-corrected chi connectivity index (χ4v) is 3.37. The first-order valence-corrected chi connectivity index (χ1v) is 9.13. The zero-order valence-electron chi connectivity index (χ0n) is 15.5. The first-order valence-electron chi connectivity index (χ1n) is 9.13. The Morgan fingerprint density at radius 2 is 2.07 bits per heavy atom. The summed E-state index contributed by atoms with van der Waals surface area (Å²) in [6.45, 7) is 1.49. The van der Waals surface area contributed by atoms with Gasteiger partial charge in [-0.25, -0.2) is 4.39 Å². The number of H-pyrrole nitrogens is 1. The molecule has 0 radical (unpaired) electrons. The standard InChI is InChI=1S/C21H21FN4O2/c1-28-18-4-2-3-15(11-18)21(27)23-17-9-10-26(13-17)20-12-19(24-25-20)14-5-7-16(22)8-6-14/h2-8,11-12,17H,9-10,13H2,1H3,(H,23,27)(H,24,25). The number of anilines is 1. The van der Waals surface area contributed by atoms with Crippen LogP contribution in [0.1, 0.15) is 16.8 Å². The van der Waals surface area contributed by atoms with Crippen LogP contribution in [0.5, 0.6) is 5.75 Å². The van der Waals surface area contributed by atoms with E-state index in [0.717, 1.165) is 30.0 Å². The molecule has 1 saturated heterocycles. The summed E-state index contributed by atoms with van der Waals surface area (Å²) in [4.78, 5) is 14.6. The van der Waals surface area contributed by atoms with Crippen LogP contribution >= 0.6 is 0 Å². The van der Waals surface area contributed by atoms with E-state index in [0.29, 0.717) is 17.9 Å². The third-order valence-corrected chi connectivity index (χ3v) is 4.90. The van der Waals surface area contributed by atoms with Crippen LogP contribution in [0.15, 0.2) is 54.6 Å². The number of halogens is 1. The Morgan fingerprint density at radius 1 is 1.25 bits per heavy atom.